The van der Waals surface area contributed by atoms with Crippen molar-refractivity contribution >= 4 is 11.7 Å². The number of ketones is 1. The van der Waals surface area contributed by atoms with Crippen LogP contribution < -0.4 is 14.8 Å². The second-order valence-corrected chi connectivity index (χ2v) is 9.52. The number of carbonyl (C=O) groups excluding carboxylic acids is 2. The smallest absolute Gasteiger partial charge is 0.220 e. The zero-order chi connectivity index (χ0) is 25.3. The van der Waals surface area contributed by atoms with Crippen LogP contribution in [0.1, 0.15) is 67.0 Å². The summed E-state index contributed by atoms with van der Waals surface area (Å²) < 4.78 is 24.3. The van der Waals surface area contributed by atoms with Gasteiger partial charge in [-0.2, -0.15) is 0 Å². The molecule has 0 aromatic heterocycles. The highest BCUT2D eigenvalue weighted by Crippen LogP contribution is 2.33. The fraction of sp³-hybridized carbons (Fsp3) is 0.500. The Hall–Kier alpha value is -2.97. The van der Waals surface area contributed by atoms with Crippen molar-refractivity contribution in [3.8, 4) is 11.5 Å². The van der Waals surface area contributed by atoms with Gasteiger partial charge in [0.2, 0.25) is 5.91 Å². The van der Waals surface area contributed by atoms with Gasteiger partial charge < -0.3 is 24.8 Å². The molecule has 2 aromatic rings. The maximum atomic E-state index is 13.0. The van der Waals surface area contributed by atoms with Crippen LogP contribution in [0.4, 0.5) is 4.39 Å². The molecule has 2 aromatic carbocycles. The molecule has 1 fully saturated rings. The minimum absolute atomic E-state index is 0.0207. The van der Waals surface area contributed by atoms with Crippen molar-refractivity contribution in [1.82, 2.24) is 10.2 Å². The zero-order valence-corrected chi connectivity index (χ0v) is 20.6. The number of ether oxygens (including phenoxy) is 2. The largest absolute Gasteiger partial charge is 0.486 e. The molecule has 2 atom stereocenters. The molecular weight excluding hydrogens is 463 g/mol. The van der Waals surface area contributed by atoms with Gasteiger partial charge in [-0.05, 0) is 80.7 Å². The van der Waals surface area contributed by atoms with E-state index in [1.165, 1.54) is 24.3 Å². The maximum Gasteiger partial charge on any atom is 0.220 e. The number of likely N-dealkylation sites (tertiary alicyclic amines) is 1. The molecule has 7 nitrogen and oxygen atoms in total. The van der Waals surface area contributed by atoms with Gasteiger partial charge in [0.05, 0.1) is 6.04 Å². The molecule has 36 heavy (non-hydrogen) atoms. The van der Waals surface area contributed by atoms with Crippen LogP contribution in [0.25, 0.3) is 0 Å². The van der Waals surface area contributed by atoms with Crippen molar-refractivity contribution in [3.05, 3.63) is 59.4 Å². The van der Waals surface area contributed by atoms with Crippen LogP contribution in [-0.2, 0) is 4.79 Å². The Labute approximate surface area is 211 Å². The molecule has 0 unspecified atom stereocenters. The third kappa shape index (κ3) is 7.27. The van der Waals surface area contributed by atoms with Crippen LogP contribution in [0, 0.1) is 5.82 Å². The molecule has 2 aliphatic rings. The normalized spacial score (nSPS) is 16.9. The summed E-state index contributed by atoms with van der Waals surface area (Å²) in [6, 6.07) is 10.5. The van der Waals surface area contributed by atoms with Crippen molar-refractivity contribution in [2.75, 3.05) is 32.8 Å². The Balaban J connectivity index is 1.27. The first kappa shape index (κ1) is 26.1. The van der Waals surface area contributed by atoms with Crippen LogP contribution in [-0.4, -0.2) is 60.6 Å². The third-order valence-corrected chi connectivity index (χ3v) is 6.76. The van der Waals surface area contributed by atoms with E-state index < -0.39 is 12.1 Å². The number of nitrogens with zero attached hydrogens (tertiary/aromatic N) is 1. The summed E-state index contributed by atoms with van der Waals surface area (Å²) in [6.45, 7) is 3.47. The Morgan fingerprint density at radius 2 is 1.64 bits per heavy atom. The second-order valence-electron chi connectivity index (χ2n) is 9.52. The summed E-state index contributed by atoms with van der Waals surface area (Å²) in [5.74, 6) is 0.780. The number of rotatable bonds is 12. The van der Waals surface area contributed by atoms with Crippen molar-refractivity contribution < 1.29 is 28.6 Å². The summed E-state index contributed by atoms with van der Waals surface area (Å²) in [4.78, 5) is 27.2. The molecule has 8 heteroatoms. The van der Waals surface area contributed by atoms with Crippen LogP contribution >= 0.6 is 0 Å². The molecule has 0 radical (unpaired) electrons. The van der Waals surface area contributed by atoms with E-state index in [1.54, 1.807) is 12.1 Å². The standard InChI is InChI=1S/C28H35FN2O5/c29-22-11-8-20(9-12-22)24(32)6-2-1-3-7-27(33)30-23(19-31-14-4-5-15-31)28(34)21-10-13-25-26(18-21)36-17-16-35-25/h8-13,18,23,28,34H,1-7,14-17,19H2,(H,30,33)/t23-,28-/m1/s1. The van der Waals surface area contributed by atoms with Crippen LogP contribution in [0.5, 0.6) is 11.5 Å². The number of hydrogen-bond acceptors (Lipinski definition) is 6. The summed E-state index contributed by atoms with van der Waals surface area (Å²) in [7, 11) is 0. The summed E-state index contributed by atoms with van der Waals surface area (Å²) in [5.41, 5.74) is 1.19. The van der Waals surface area contributed by atoms with Gasteiger partial charge in [-0.1, -0.05) is 12.5 Å². The lowest BCUT2D eigenvalue weighted by molar-refractivity contribution is -0.123. The monoisotopic (exact) mass is 498 g/mol. The van der Waals surface area contributed by atoms with E-state index >= 15 is 0 Å². The number of Topliss-reactive ketones (excluding diaryl/α,β-unsaturated/α-hetero) is 1. The average molecular weight is 499 g/mol. The first-order chi connectivity index (χ1) is 17.5. The lowest BCUT2D eigenvalue weighted by Crippen LogP contribution is -2.46. The summed E-state index contributed by atoms with van der Waals surface area (Å²) >= 11 is 0. The quantitative estimate of drug-likeness (QED) is 0.339. The Kier molecular flexibility index (Phi) is 9.30. The van der Waals surface area contributed by atoms with Crippen molar-refractivity contribution in [3.63, 3.8) is 0 Å². The molecule has 2 aliphatic heterocycles. The highest BCUT2D eigenvalue weighted by molar-refractivity contribution is 5.95. The number of aliphatic hydroxyl groups excluding tert-OH is 1. The number of nitrogens with one attached hydrogen (secondary N) is 1. The third-order valence-electron chi connectivity index (χ3n) is 6.76. The molecule has 2 N–H and O–H groups in total. The fourth-order valence-corrected chi connectivity index (χ4v) is 4.75. The number of aliphatic hydroxyl groups is 1. The lowest BCUT2D eigenvalue weighted by Gasteiger charge is -2.29. The van der Waals surface area contributed by atoms with Crippen LogP contribution in [0.15, 0.2) is 42.5 Å². The van der Waals surface area contributed by atoms with Crippen LogP contribution in [0.2, 0.25) is 0 Å². The number of amides is 1. The van der Waals surface area contributed by atoms with Gasteiger partial charge in [0.1, 0.15) is 25.1 Å². The SMILES string of the molecule is O=C(CCCCCC(=O)c1ccc(F)cc1)N[C@H](CN1CCCC1)[C@H](O)c1ccc2c(c1)OCCO2. The predicted molar refractivity (Wildman–Crippen MR) is 134 cm³/mol. The van der Waals surface area contributed by atoms with Gasteiger partial charge in [0.25, 0.3) is 0 Å². The predicted octanol–water partition coefficient (Wildman–Crippen LogP) is 4.04. The number of halogens is 1. The van der Waals surface area contributed by atoms with Gasteiger partial charge in [0.15, 0.2) is 17.3 Å². The molecule has 4 rings (SSSR count). The summed E-state index contributed by atoms with van der Waals surface area (Å²) in [6.07, 6.45) is 4.12. The van der Waals surface area contributed by atoms with Gasteiger partial charge in [0, 0.05) is 24.9 Å². The Bertz CT molecular complexity index is 1020. The number of carbonyl (C=O) groups is 2. The van der Waals surface area contributed by atoms with E-state index in [9.17, 15) is 19.1 Å². The van der Waals surface area contributed by atoms with Crippen LogP contribution in [0.3, 0.4) is 0 Å². The van der Waals surface area contributed by atoms with E-state index in [0.717, 1.165) is 32.4 Å². The molecular formula is C28H35FN2O5. The van der Waals surface area contributed by atoms with E-state index in [1.807, 2.05) is 6.07 Å². The molecule has 0 saturated carbocycles. The first-order valence-corrected chi connectivity index (χ1v) is 12.9. The van der Waals surface area contributed by atoms with E-state index in [2.05, 4.69) is 10.2 Å². The van der Waals surface area contributed by atoms with Crippen molar-refractivity contribution in [2.45, 2.75) is 57.1 Å². The van der Waals surface area contributed by atoms with Crippen molar-refractivity contribution in [1.29, 1.82) is 0 Å². The van der Waals surface area contributed by atoms with Gasteiger partial charge in [-0.15, -0.1) is 0 Å². The number of fused-ring (bicyclic) bond motifs is 1. The highest BCUT2D eigenvalue weighted by Gasteiger charge is 2.27. The van der Waals surface area contributed by atoms with Gasteiger partial charge >= 0.3 is 0 Å². The lowest BCUT2D eigenvalue weighted by atomic mass is 10.00. The van der Waals surface area contributed by atoms with Gasteiger partial charge in [-0.3, -0.25) is 9.59 Å². The zero-order valence-electron chi connectivity index (χ0n) is 20.6. The number of hydrogen-bond donors (Lipinski definition) is 2. The Morgan fingerprint density at radius 3 is 2.39 bits per heavy atom. The molecule has 0 bridgehead atoms. The topological polar surface area (TPSA) is 88.1 Å². The second kappa shape index (κ2) is 12.8. The first-order valence-electron chi connectivity index (χ1n) is 12.9. The van der Waals surface area contributed by atoms with E-state index in [-0.39, 0.29) is 17.5 Å². The molecule has 194 valence electrons. The van der Waals surface area contributed by atoms with E-state index in [4.69, 9.17) is 9.47 Å². The average Bonchev–Trinajstić information content (AvgIpc) is 3.41. The van der Waals surface area contributed by atoms with Crippen molar-refractivity contribution in [2.24, 2.45) is 0 Å². The molecule has 1 saturated heterocycles. The van der Waals surface area contributed by atoms with E-state index in [0.29, 0.717) is 68.1 Å². The molecule has 0 aliphatic carbocycles. The minimum Gasteiger partial charge on any atom is -0.486 e. The minimum atomic E-state index is -0.876. The summed E-state index contributed by atoms with van der Waals surface area (Å²) in [5, 5.41) is 14.2. The number of benzene rings is 2. The molecule has 2 heterocycles. The molecule has 1 amide bonds. The number of unbranched alkanes of at least 4 members (excludes halogenated alkanes) is 2. The molecule has 0 spiro atoms. The Morgan fingerprint density at radius 1 is 0.944 bits per heavy atom. The van der Waals surface area contributed by atoms with Gasteiger partial charge in [-0.25, -0.2) is 4.39 Å². The highest BCUT2D eigenvalue weighted by atomic mass is 19.1. The maximum absolute atomic E-state index is 13.0. The fourth-order valence-electron chi connectivity index (χ4n) is 4.75.